The monoisotopic (exact) mass is 373 g/mol. The Morgan fingerprint density at radius 1 is 1.07 bits per heavy atom. The van der Waals surface area contributed by atoms with Gasteiger partial charge in [0.05, 0.1) is 23.8 Å². The molecule has 1 aromatic carbocycles. The molecule has 0 atom stereocenters. The van der Waals surface area contributed by atoms with Crippen molar-refractivity contribution in [3.63, 3.8) is 0 Å². The van der Waals surface area contributed by atoms with Gasteiger partial charge in [0.25, 0.3) is 5.78 Å². The van der Waals surface area contributed by atoms with Crippen molar-refractivity contribution in [1.82, 2.24) is 24.6 Å². The van der Waals surface area contributed by atoms with Gasteiger partial charge in [0.2, 0.25) is 0 Å². The minimum atomic E-state index is -3.33. The first-order chi connectivity index (χ1) is 15.3. The highest BCUT2D eigenvalue weighted by Crippen LogP contribution is 2.30. The summed E-state index contributed by atoms with van der Waals surface area (Å²) in [5.74, 6) is -1.56. The molecule has 6 nitrogen and oxygen atoms in total. The van der Waals surface area contributed by atoms with Crippen LogP contribution in [0, 0.1) is 11.6 Å². The average molecular weight is 373 g/mol. The molecule has 0 saturated heterocycles. The molecule has 0 aliphatic heterocycles. The van der Waals surface area contributed by atoms with Crippen molar-refractivity contribution >= 4 is 5.78 Å². The minimum Gasteiger partial charge on any atom is -0.384 e. The molecule has 0 amide bonds. The van der Waals surface area contributed by atoms with Gasteiger partial charge < -0.3 is 5.11 Å². The lowest BCUT2D eigenvalue weighted by molar-refractivity contribution is 0.0734. The third-order valence-electron chi connectivity index (χ3n) is 3.93. The molecule has 3 aromatic heterocycles. The molecule has 4 aromatic rings. The molecule has 0 fully saturated rings. The van der Waals surface area contributed by atoms with Crippen LogP contribution in [0.15, 0.2) is 49.1 Å². The largest absolute Gasteiger partial charge is 0.384 e. The van der Waals surface area contributed by atoms with Crippen LogP contribution in [-0.2, 0) is 5.60 Å². The summed E-state index contributed by atoms with van der Waals surface area (Å²) in [5, 5.41) is 14.6. The number of fused-ring (bicyclic) bond motifs is 1. The SMILES string of the molecule is [2H]C([2H])([2H])C(O)(c1cnn2c(-c3ccc(F)c(-c4cnccc4F)c3)cnc2n1)C([2H])([2H])[2H]. The third-order valence-corrected chi connectivity index (χ3v) is 3.93. The molecule has 136 valence electrons. The van der Waals surface area contributed by atoms with E-state index in [0.717, 1.165) is 22.8 Å². The van der Waals surface area contributed by atoms with Crippen molar-refractivity contribution in [2.75, 3.05) is 0 Å². The van der Waals surface area contributed by atoms with Crippen molar-refractivity contribution in [3.8, 4) is 22.4 Å². The summed E-state index contributed by atoms with van der Waals surface area (Å²) < 4.78 is 74.9. The number of imidazole rings is 1. The molecule has 0 bridgehead atoms. The molecule has 0 saturated carbocycles. The summed E-state index contributed by atoms with van der Waals surface area (Å²) in [4.78, 5) is 11.7. The summed E-state index contributed by atoms with van der Waals surface area (Å²) in [6, 6.07) is 4.98. The van der Waals surface area contributed by atoms with Gasteiger partial charge in [0.15, 0.2) is 0 Å². The van der Waals surface area contributed by atoms with E-state index in [4.69, 9.17) is 8.22 Å². The molecular weight excluding hydrogens is 352 g/mol. The lowest BCUT2D eigenvalue weighted by Gasteiger charge is -2.15. The van der Waals surface area contributed by atoms with Crippen molar-refractivity contribution in [3.05, 3.63) is 66.4 Å². The molecule has 4 rings (SSSR count). The Morgan fingerprint density at radius 2 is 1.89 bits per heavy atom. The Labute approximate surface area is 161 Å². The fourth-order valence-electron chi connectivity index (χ4n) is 2.61. The topological polar surface area (TPSA) is 76.2 Å². The van der Waals surface area contributed by atoms with E-state index in [1.165, 1.54) is 30.7 Å². The van der Waals surface area contributed by atoms with Gasteiger partial charge in [0.1, 0.15) is 17.2 Å². The quantitative estimate of drug-likeness (QED) is 0.596. The third kappa shape index (κ3) is 3.04. The van der Waals surface area contributed by atoms with Gasteiger partial charge in [-0.3, -0.25) is 4.98 Å². The standard InChI is InChI=1S/C19H15F2N5O/c1-19(2,27)17-10-24-26-16(9-23-18(26)25-17)11-3-4-14(20)12(7-11)13-8-22-6-5-15(13)21/h3-10,27H,1-2H3/i1D3,2D3. The molecule has 1 N–H and O–H groups in total. The van der Waals surface area contributed by atoms with E-state index in [0.29, 0.717) is 5.56 Å². The number of hydrogen-bond acceptors (Lipinski definition) is 5. The number of aliphatic hydroxyl groups is 1. The first-order valence-electron chi connectivity index (χ1n) is 10.7. The highest BCUT2D eigenvalue weighted by molar-refractivity contribution is 5.72. The lowest BCUT2D eigenvalue weighted by atomic mass is 10.0. The van der Waals surface area contributed by atoms with Gasteiger partial charge in [-0.1, -0.05) is 0 Å². The molecule has 0 unspecified atom stereocenters. The van der Waals surface area contributed by atoms with Crippen LogP contribution in [-0.4, -0.2) is 29.7 Å². The van der Waals surface area contributed by atoms with Crippen molar-refractivity contribution in [1.29, 1.82) is 0 Å². The minimum absolute atomic E-state index is 0.0561. The Balaban J connectivity index is 1.84. The first-order valence-corrected chi connectivity index (χ1v) is 7.68. The van der Waals surface area contributed by atoms with Crippen LogP contribution in [0.5, 0.6) is 0 Å². The van der Waals surface area contributed by atoms with Gasteiger partial charge in [-0.2, -0.15) is 9.61 Å². The van der Waals surface area contributed by atoms with Crippen molar-refractivity contribution in [2.45, 2.75) is 19.3 Å². The Hall–Kier alpha value is -3.26. The molecule has 0 spiro atoms. The molecule has 27 heavy (non-hydrogen) atoms. The van der Waals surface area contributed by atoms with Crippen LogP contribution in [0.2, 0.25) is 0 Å². The summed E-state index contributed by atoms with van der Waals surface area (Å²) in [6.07, 6.45) is 4.53. The van der Waals surface area contributed by atoms with Crippen LogP contribution in [0.3, 0.4) is 0 Å². The van der Waals surface area contributed by atoms with Crippen LogP contribution in [0.4, 0.5) is 8.78 Å². The van der Waals surface area contributed by atoms with Gasteiger partial charge >= 0.3 is 0 Å². The van der Waals surface area contributed by atoms with E-state index in [1.54, 1.807) is 0 Å². The summed E-state index contributed by atoms with van der Waals surface area (Å²) >= 11 is 0. The fourth-order valence-corrected chi connectivity index (χ4v) is 2.61. The van der Waals surface area contributed by atoms with Gasteiger partial charge in [-0.15, -0.1) is 0 Å². The van der Waals surface area contributed by atoms with Crippen LogP contribution in [0.1, 0.15) is 27.6 Å². The van der Waals surface area contributed by atoms with Crippen molar-refractivity contribution < 1.29 is 22.1 Å². The normalized spacial score (nSPS) is 16.1. The number of pyridine rings is 1. The molecule has 8 heteroatoms. The maximum atomic E-state index is 14.4. The molecule has 0 aliphatic rings. The van der Waals surface area contributed by atoms with E-state index in [1.807, 2.05) is 0 Å². The highest BCUT2D eigenvalue weighted by atomic mass is 19.1. The van der Waals surface area contributed by atoms with E-state index in [9.17, 15) is 13.9 Å². The van der Waals surface area contributed by atoms with Crippen LogP contribution >= 0.6 is 0 Å². The maximum Gasteiger partial charge on any atom is 0.251 e. The second kappa shape index (κ2) is 6.17. The Kier molecular flexibility index (Phi) is 2.62. The van der Waals surface area contributed by atoms with E-state index in [2.05, 4.69) is 20.1 Å². The lowest BCUT2D eigenvalue weighted by Crippen LogP contribution is -2.19. The molecular formula is C19H15F2N5O. The molecule has 0 radical (unpaired) electrons. The van der Waals surface area contributed by atoms with E-state index in [-0.39, 0.29) is 22.6 Å². The zero-order valence-electron chi connectivity index (χ0n) is 19.6. The summed E-state index contributed by atoms with van der Waals surface area (Å²) in [5.41, 5.74) is -3.45. The number of benzene rings is 1. The first kappa shape index (κ1) is 11.5. The van der Waals surface area contributed by atoms with Gasteiger partial charge in [-0.25, -0.2) is 18.7 Å². The number of hydrogen-bond donors (Lipinski definition) is 1. The highest BCUT2D eigenvalue weighted by Gasteiger charge is 2.20. The molecule has 3 heterocycles. The van der Waals surface area contributed by atoms with Crippen molar-refractivity contribution in [2.24, 2.45) is 0 Å². The summed E-state index contributed by atoms with van der Waals surface area (Å²) in [6.45, 7) is -6.67. The van der Waals surface area contributed by atoms with Crippen LogP contribution < -0.4 is 0 Å². The number of halogens is 2. The second-order valence-corrected chi connectivity index (χ2v) is 5.76. The zero-order chi connectivity index (χ0) is 24.2. The summed E-state index contributed by atoms with van der Waals surface area (Å²) in [7, 11) is 0. The smallest absolute Gasteiger partial charge is 0.251 e. The number of nitrogens with zero attached hydrogens (tertiary/aromatic N) is 5. The predicted molar refractivity (Wildman–Crippen MR) is 94.6 cm³/mol. The number of rotatable bonds is 3. The van der Waals surface area contributed by atoms with E-state index >= 15 is 0 Å². The average Bonchev–Trinajstić information content (AvgIpc) is 3.16. The fraction of sp³-hybridized carbons (Fsp3) is 0.158. The van der Waals surface area contributed by atoms with Crippen LogP contribution in [0.25, 0.3) is 28.2 Å². The second-order valence-electron chi connectivity index (χ2n) is 5.76. The Bertz CT molecular complexity index is 1340. The number of aromatic nitrogens is 5. The predicted octanol–water partition coefficient (Wildman–Crippen LogP) is 3.36. The zero-order valence-corrected chi connectivity index (χ0v) is 13.6. The Morgan fingerprint density at radius 3 is 2.67 bits per heavy atom. The molecule has 0 aliphatic carbocycles. The van der Waals surface area contributed by atoms with Gasteiger partial charge in [-0.05, 0) is 38.0 Å². The maximum absolute atomic E-state index is 14.4. The van der Waals surface area contributed by atoms with Gasteiger partial charge in [0, 0.05) is 37.3 Å². The van der Waals surface area contributed by atoms with E-state index < -0.39 is 36.6 Å².